The molecule has 7 heteroatoms. The van der Waals surface area contributed by atoms with Crippen LogP contribution in [-0.4, -0.2) is 59.5 Å². The minimum absolute atomic E-state index is 0.00284. The standard InChI is InChI=1S/C22H30N4O3/c1-2-19(18-9-5-3-6-10-18)22(28)26(15-14-25-12-7-4-8-13-25)17-21(27)23-20-11-16-29-24-20/h3,5-6,9-11,16,19H,2,4,7-8,12-15,17H2,1H3,(H,23,24,27). The summed E-state index contributed by atoms with van der Waals surface area (Å²) in [5.74, 6) is -0.175. The summed E-state index contributed by atoms with van der Waals surface area (Å²) >= 11 is 0. The van der Waals surface area contributed by atoms with Gasteiger partial charge in [0.2, 0.25) is 11.8 Å². The minimum atomic E-state index is -0.270. The van der Waals surface area contributed by atoms with Crippen LogP contribution in [0.2, 0.25) is 0 Å². The molecule has 1 unspecified atom stereocenters. The van der Waals surface area contributed by atoms with Crippen molar-refractivity contribution in [2.75, 3.05) is 38.0 Å². The molecular formula is C22H30N4O3. The highest BCUT2D eigenvalue weighted by Crippen LogP contribution is 2.22. The molecule has 156 valence electrons. The van der Waals surface area contributed by atoms with E-state index in [4.69, 9.17) is 4.52 Å². The molecule has 2 heterocycles. The van der Waals surface area contributed by atoms with E-state index in [2.05, 4.69) is 15.4 Å². The molecule has 29 heavy (non-hydrogen) atoms. The molecule has 1 fully saturated rings. The number of aromatic nitrogens is 1. The number of amides is 2. The minimum Gasteiger partial charge on any atom is -0.363 e. The summed E-state index contributed by atoms with van der Waals surface area (Å²) in [5.41, 5.74) is 0.986. The summed E-state index contributed by atoms with van der Waals surface area (Å²) in [4.78, 5) is 30.0. The Balaban J connectivity index is 1.69. The number of carbonyl (C=O) groups is 2. The van der Waals surface area contributed by atoms with E-state index in [0.717, 1.165) is 25.2 Å². The molecule has 0 bridgehead atoms. The van der Waals surface area contributed by atoms with Gasteiger partial charge in [0.05, 0.1) is 12.5 Å². The van der Waals surface area contributed by atoms with Crippen molar-refractivity contribution in [3.8, 4) is 0 Å². The van der Waals surface area contributed by atoms with Gasteiger partial charge in [-0.1, -0.05) is 48.8 Å². The highest BCUT2D eigenvalue weighted by atomic mass is 16.5. The Kier molecular flexibility index (Phi) is 7.81. The molecular weight excluding hydrogens is 368 g/mol. The first-order chi connectivity index (χ1) is 14.2. The molecule has 0 spiro atoms. The number of hydrogen-bond acceptors (Lipinski definition) is 5. The summed E-state index contributed by atoms with van der Waals surface area (Å²) in [5, 5.41) is 6.40. The van der Waals surface area contributed by atoms with E-state index in [1.54, 1.807) is 11.0 Å². The van der Waals surface area contributed by atoms with Gasteiger partial charge in [-0.15, -0.1) is 0 Å². The largest absolute Gasteiger partial charge is 0.363 e. The zero-order chi connectivity index (χ0) is 20.5. The quantitative estimate of drug-likeness (QED) is 0.702. The summed E-state index contributed by atoms with van der Waals surface area (Å²) in [6.07, 6.45) is 5.75. The smallest absolute Gasteiger partial charge is 0.245 e. The van der Waals surface area contributed by atoms with Crippen molar-refractivity contribution in [2.45, 2.75) is 38.5 Å². The van der Waals surface area contributed by atoms with Gasteiger partial charge in [-0.25, -0.2) is 0 Å². The fourth-order valence-corrected chi connectivity index (χ4v) is 3.80. The van der Waals surface area contributed by atoms with Crippen LogP contribution in [0.4, 0.5) is 5.82 Å². The van der Waals surface area contributed by atoms with Crippen LogP contribution in [0.15, 0.2) is 47.2 Å². The lowest BCUT2D eigenvalue weighted by atomic mass is 9.95. The van der Waals surface area contributed by atoms with E-state index in [-0.39, 0.29) is 24.3 Å². The van der Waals surface area contributed by atoms with E-state index in [9.17, 15) is 9.59 Å². The van der Waals surface area contributed by atoms with Gasteiger partial charge >= 0.3 is 0 Å². The number of rotatable bonds is 9. The van der Waals surface area contributed by atoms with Crippen LogP contribution in [0, 0.1) is 0 Å². The second-order valence-electron chi connectivity index (χ2n) is 7.47. The molecule has 7 nitrogen and oxygen atoms in total. The Hall–Kier alpha value is -2.67. The van der Waals surface area contributed by atoms with Crippen molar-refractivity contribution >= 4 is 17.6 Å². The molecule has 1 aromatic carbocycles. The van der Waals surface area contributed by atoms with Gasteiger partial charge < -0.3 is 19.6 Å². The first kappa shape index (κ1) is 21.0. The number of hydrogen-bond donors (Lipinski definition) is 1. The average molecular weight is 399 g/mol. The van der Waals surface area contributed by atoms with Crippen LogP contribution in [-0.2, 0) is 9.59 Å². The van der Waals surface area contributed by atoms with Gasteiger partial charge in [-0.2, -0.15) is 0 Å². The van der Waals surface area contributed by atoms with Crippen LogP contribution < -0.4 is 5.32 Å². The molecule has 1 aromatic heterocycles. The van der Waals surface area contributed by atoms with E-state index in [1.807, 2.05) is 37.3 Å². The number of nitrogens with zero attached hydrogens (tertiary/aromatic N) is 3. The Morgan fingerprint density at radius 2 is 1.93 bits per heavy atom. The third kappa shape index (κ3) is 6.15. The molecule has 0 aliphatic carbocycles. The lowest BCUT2D eigenvalue weighted by molar-refractivity contribution is -0.136. The maximum absolute atomic E-state index is 13.4. The van der Waals surface area contributed by atoms with Crippen LogP contribution in [0.5, 0.6) is 0 Å². The molecule has 0 radical (unpaired) electrons. The topological polar surface area (TPSA) is 78.7 Å². The number of carbonyl (C=O) groups excluding carboxylic acids is 2. The average Bonchev–Trinajstić information content (AvgIpc) is 3.26. The Bertz CT molecular complexity index is 758. The lowest BCUT2D eigenvalue weighted by Gasteiger charge is -2.31. The second-order valence-corrected chi connectivity index (χ2v) is 7.47. The number of piperidine rings is 1. The third-order valence-corrected chi connectivity index (χ3v) is 5.39. The number of benzene rings is 1. The van der Waals surface area contributed by atoms with Crippen LogP contribution >= 0.6 is 0 Å². The van der Waals surface area contributed by atoms with Crippen LogP contribution in [0.25, 0.3) is 0 Å². The molecule has 2 amide bonds. The molecule has 1 N–H and O–H groups in total. The molecule has 1 aliphatic rings. The van der Waals surface area contributed by atoms with Crippen LogP contribution in [0.1, 0.15) is 44.1 Å². The van der Waals surface area contributed by atoms with Crippen molar-refractivity contribution < 1.29 is 14.1 Å². The van der Waals surface area contributed by atoms with E-state index in [1.165, 1.54) is 25.5 Å². The molecule has 1 aliphatic heterocycles. The summed E-state index contributed by atoms with van der Waals surface area (Å²) in [6.45, 7) is 5.45. The highest BCUT2D eigenvalue weighted by Gasteiger charge is 2.26. The summed E-state index contributed by atoms with van der Waals surface area (Å²) in [7, 11) is 0. The predicted octanol–water partition coefficient (Wildman–Crippen LogP) is 3.12. The fourth-order valence-electron chi connectivity index (χ4n) is 3.80. The first-order valence-electron chi connectivity index (χ1n) is 10.4. The predicted molar refractivity (Wildman–Crippen MR) is 111 cm³/mol. The summed E-state index contributed by atoms with van der Waals surface area (Å²) < 4.78 is 4.76. The monoisotopic (exact) mass is 398 g/mol. The Morgan fingerprint density at radius 1 is 1.17 bits per heavy atom. The van der Waals surface area contributed by atoms with Crippen LogP contribution in [0.3, 0.4) is 0 Å². The van der Waals surface area contributed by atoms with E-state index >= 15 is 0 Å². The molecule has 0 saturated carbocycles. The number of likely N-dealkylation sites (tertiary alicyclic amines) is 1. The van der Waals surface area contributed by atoms with Crippen molar-refractivity contribution in [1.82, 2.24) is 15.0 Å². The molecule has 3 rings (SSSR count). The molecule has 1 saturated heterocycles. The van der Waals surface area contributed by atoms with Crippen molar-refractivity contribution in [3.05, 3.63) is 48.2 Å². The zero-order valence-electron chi connectivity index (χ0n) is 17.0. The van der Waals surface area contributed by atoms with Crippen molar-refractivity contribution in [2.24, 2.45) is 0 Å². The van der Waals surface area contributed by atoms with Gasteiger partial charge in [0.25, 0.3) is 0 Å². The normalized spacial score (nSPS) is 15.6. The third-order valence-electron chi connectivity index (χ3n) is 5.39. The highest BCUT2D eigenvalue weighted by molar-refractivity contribution is 5.94. The SMILES string of the molecule is CCC(C(=O)N(CCN1CCCCC1)CC(=O)Nc1ccon1)c1ccccc1. The maximum atomic E-state index is 13.4. The van der Waals surface area contributed by atoms with E-state index < -0.39 is 0 Å². The number of nitrogens with one attached hydrogen (secondary N) is 1. The second kappa shape index (κ2) is 10.8. The Labute approximate surface area is 172 Å². The lowest BCUT2D eigenvalue weighted by Crippen LogP contribution is -2.45. The summed E-state index contributed by atoms with van der Waals surface area (Å²) in [6, 6.07) is 11.4. The number of anilines is 1. The van der Waals surface area contributed by atoms with E-state index in [0.29, 0.717) is 18.8 Å². The Morgan fingerprint density at radius 3 is 2.59 bits per heavy atom. The van der Waals surface area contributed by atoms with Gasteiger partial charge in [-0.3, -0.25) is 9.59 Å². The van der Waals surface area contributed by atoms with Gasteiger partial charge in [0.1, 0.15) is 6.26 Å². The van der Waals surface area contributed by atoms with Crippen molar-refractivity contribution in [1.29, 1.82) is 0 Å². The van der Waals surface area contributed by atoms with Crippen molar-refractivity contribution in [3.63, 3.8) is 0 Å². The fraction of sp³-hybridized carbons (Fsp3) is 0.500. The molecule has 2 aromatic rings. The maximum Gasteiger partial charge on any atom is 0.245 e. The van der Waals surface area contributed by atoms with Gasteiger partial charge in [0, 0.05) is 19.2 Å². The van der Waals surface area contributed by atoms with Gasteiger partial charge in [-0.05, 0) is 37.9 Å². The molecule has 1 atom stereocenters. The first-order valence-corrected chi connectivity index (χ1v) is 10.4. The zero-order valence-corrected chi connectivity index (χ0v) is 17.0. The van der Waals surface area contributed by atoms with Gasteiger partial charge in [0.15, 0.2) is 5.82 Å².